The van der Waals surface area contributed by atoms with Crippen LogP contribution in [0.5, 0.6) is 0 Å². The van der Waals surface area contributed by atoms with Crippen molar-refractivity contribution in [1.29, 1.82) is 0 Å². The zero-order valence-electron chi connectivity index (χ0n) is 6.11. The maximum Gasteiger partial charge on any atom is 0.173 e. The lowest BCUT2D eigenvalue weighted by Gasteiger charge is -2.09. The van der Waals surface area contributed by atoms with E-state index in [9.17, 15) is 5.11 Å². The second-order valence-corrected chi connectivity index (χ2v) is 3.04. The number of nitrogens with zero attached hydrogens (tertiary/aromatic N) is 2. The molecule has 64 valence electrons. The number of rotatable bonds is 0. The summed E-state index contributed by atoms with van der Waals surface area (Å²) in [5, 5.41) is 19.6. The summed E-state index contributed by atoms with van der Waals surface area (Å²) in [5.74, 6) is 0. The molecule has 1 aliphatic heterocycles. The first kappa shape index (κ1) is 7.94. The van der Waals surface area contributed by atoms with Gasteiger partial charge in [0.2, 0.25) is 0 Å². The van der Waals surface area contributed by atoms with E-state index in [2.05, 4.69) is 4.98 Å². The predicted octanol–water partition coefficient (Wildman–Crippen LogP) is 0.931. The van der Waals surface area contributed by atoms with Crippen LogP contribution in [0.4, 0.5) is 0 Å². The summed E-state index contributed by atoms with van der Waals surface area (Å²) in [6.45, 7) is 0.292. The molecule has 1 unspecified atom stereocenters. The number of hydrogen-bond acceptors (Lipinski definition) is 4. The number of hydroxylamine groups is 2. The van der Waals surface area contributed by atoms with Crippen LogP contribution in [0.15, 0.2) is 12.1 Å². The van der Waals surface area contributed by atoms with Gasteiger partial charge in [0.15, 0.2) is 6.23 Å². The molecule has 0 bridgehead atoms. The average molecular weight is 187 g/mol. The van der Waals surface area contributed by atoms with Crippen molar-refractivity contribution in [3.05, 3.63) is 28.5 Å². The molecule has 12 heavy (non-hydrogen) atoms. The highest BCUT2D eigenvalue weighted by molar-refractivity contribution is 6.29. The normalized spacial score (nSPS) is 22.8. The molecule has 2 heterocycles. The zero-order valence-corrected chi connectivity index (χ0v) is 6.86. The number of pyridine rings is 1. The van der Waals surface area contributed by atoms with Crippen LogP contribution in [0.3, 0.4) is 0 Å². The van der Waals surface area contributed by atoms with Gasteiger partial charge in [-0.25, -0.2) is 4.98 Å². The molecule has 0 aliphatic carbocycles. The molecule has 0 amide bonds. The van der Waals surface area contributed by atoms with Gasteiger partial charge in [0.1, 0.15) is 5.15 Å². The largest absolute Gasteiger partial charge is 0.371 e. The minimum Gasteiger partial charge on any atom is -0.371 e. The monoisotopic (exact) mass is 186 g/mol. The number of aliphatic hydroxyl groups is 1. The highest BCUT2D eigenvalue weighted by atomic mass is 35.5. The van der Waals surface area contributed by atoms with Crippen LogP contribution in [-0.2, 0) is 6.54 Å². The molecule has 0 aromatic carbocycles. The van der Waals surface area contributed by atoms with E-state index in [-0.39, 0.29) is 0 Å². The summed E-state index contributed by atoms with van der Waals surface area (Å²) in [6.07, 6.45) is -1.04. The lowest BCUT2D eigenvalue weighted by molar-refractivity contribution is -0.195. The predicted molar refractivity (Wildman–Crippen MR) is 41.5 cm³/mol. The van der Waals surface area contributed by atoms with Gasteiger partial charge in [-0.05, 0) is 11.6 Å². The highest BCUT2D eigenvalue weighted by Gasteiger charge is 2.28. The Labute approximate surface area is 74.0 Å². The van der Waals surface area contributed by atoms with Gasteiger partial charge in [0.25, 0.3) is 0 Å². The van der Waals surface area contributed by atoms with E-state index in [0.717, 1.165) is 10.6 Å². The first-order valence-electron chi connectivity index (χ1n) is 3.47. The molecular weight excluding hydrogens is 180 g/mol. The number of aliphatic hydroxyl groups excluding tert-OH is 1. The average Bonchev–Trinajstić information content (AvgIpc) is 2.31. The van der Waals surface area contributed by atoms with E-state index in [4.69, 9.17) is 16.8 Å². The van der Waals surface area contributed by atoms with E-state index in [1.54, 1.807) is 12.1 Å². The summed E-state index contributed by atoms with van der Waals surface area (Å²) in [4.78, 5) is 3.90. The summed E-state index contributed by atoms with van der Waals surface area (Å²) in [5.41, 5.74) is 1.24. The topological polar surface area (TPSA) is 56.6 Å². The second kappa shape index (κ2) is 2.67. The second-order valence-electron chi connectivity index (χ2n) is 2.65. The van der Waals surface area contributed by atoms with E-state index < -0.39 is 6.23 Å². The lowest BCUT2D eigenvalue weighted by Crippen LogP contribution is -2.16. The highest BCUT2D eigenvalue weighted by Crippen LogP contribution is 2.28. The number of fused-ring (bicyclic) bond motifs is 1. The Balaban J connectivity index is 2.48. The van der Waals surface area contributed by atoms with Crippen LogP contribution in [-0.4, -0.2) is 20.4 Å². The molecule has 1 aliphatic rings. The molecule has 0 spiro atoms. The van der Waals surface area contributed by atoms with Gasteiger partial charge in [0, 0.05) is 0 Å². The van der Waals surface area contributed by atoms with Crippen LogP contribution < -0.4 is 0 Å². The first-order chi connectivity index (χ1) is 5.68. The molecule has 4 nitrogen and oxygen atoms in total. The Morgan fingerprint density at radius 3 is 3.08 bits per heavy atom. The van der Waals surface area contributed by atoms with Crippen molar-refractivity contribution < 1.29 is 10.3 Å². The fourth-order valence-corrected chi connectivity index (χ4v) is 1.39. The van der Waals surface area contributed by atoms with E-state index in [1.807, 2.05) is 0 Å². The summed E-state index contributed by atoms with van der Waals surface area (Å²) in [6, 6.07) is 3.37. The van der Waals surface area contributed by atoms with Crippen molar-refractivity contribution in [2.75, 3.05) is 0 Å². The Kier molecular flexibility index (Phi) is 1.77. The smallest absolute Gasteiger partial charge is 0.173 e. The van der Waals surface area contributed by atoms with Gasteiger partial charge >= 0.3 is 0 Å². The number of halogens is 1. The fraction of sp³-hybridized carbons (Fsp3) is 0.286. The SMILES string of the molecule is OC1c2nc(Cl)ccc2CN1O. The van der Waals surface area contributed by atoms with E-state index in [0.29, 0.717) is 17.4 Å². The Morgan fingerprint density at radius 1 is 1.58 bits per heavy atom. The van der Waals surface area contributed by atoms with Gasteiger partial charge < -0.3 is 10.3 Å². The lowest BCUT2D eigenvalue weighted by atomic mass is 10.2. The Hall–Kier alpha value is -0.680. The molecule has 5 heteroatoms. The van der Waals surface area contributed by atoms with Crippen molar-refractivity contribution in [3.63, 3.8) is 0 Å². The molecule has 2 N–H and O–H groups in total. The van der Waals surface area contributed by atoms with Crippen LogP contribution in [0, 0.1) is 0 Å². The third kappa shape index (κ3) is 1.09. The Morgan fingerprint density at radius 2 is 2.33 bits per heavy atom. The van der Waals surface area contributed by atoms with Gasteiger partial charge in [-0.15, -0.1) is 0 Å². The molecule has 1 aromatic rings. The molecule has 0 fully saturated rings. The minimum atomic E-state index is -1.04. The van der Waals surface area contributed by atoms with Crippen LogP contribution in [0.1, 0.15) is 17.5 Å². The number of aromatic nitrogens is 1. The van der Waals surface area contributed by atoms with Gasteiger partial charge in [0.05, 0.1) is 12.2 Å². The van der Waals surface area contributed by atoms with Gasteiger partial charge in [-0.2, -0.15) is 5.06 Å². The third-order valence-electron chi connectivity index (χ3n) is 1.84. The van der Waals surface area contributed by atoms with Crippen molar-refractivity contribution in [3.8, 4) is 0 Å². The van der Waals surface area contributed by atoms with E-state index >= 15 is 0 Å². The quantitative estimate of drug-likeness (QED) is 0.592. The van der Waals surface area contributed by atoms with Gasteiger partial charge in [-0.3, -0.25) is 0 Å². The fourth-order valence-electron chi connectivity index (χ4n) is 1.24. The molecular formula is C7H7ClN2O2. The van der Waals surface area contributed by atoms with E-state index in [1.165, 1.54) is 0 Å². The maximum absolute atomic E-state index is 9.33. The summed E-state index contributed by atoms with van der Waals surface area (Å²) < 4.78 is 0. The third-order valence-corrected chi connectivity index (χ3v) is 2.05. The minimum absolute atomic E-state index is 0.292. The summed E-state index contributed by atoms with van der Waals surface area (Å²) in [7, 11) is 0. The standard InChI is InChI=1S/C7H7ClN2O2/c8-5-2-1-4-3-10(12)7(11)6(4)9-5/h1-2,7,11-12H,3H2. The zero-order chi connectivity index (χ0) is 8.72. The molecule has 0 saturated carbocycles. The summed E-state index contributed by atoms with van der Waals surface area (Å²) >= 11 is 5.61. The van der Waals surface area contributed by atoms with Gasteiger partial charge in [-0.1, -0.05) is 17.7 Å². The van der Waals surface area contributed by atoms with Crippen molar-refractivity contribution in [1.82, 2.24) is 10.0 Å². The molecule has 1 aromatic heterocycles. The molecule has 1 atom stereocenters. The molecule has 2 rings (SSSR count). The number of hydrogen-bond donors (Lipinski definition) is 2. The van der Waals surface area contributed by atoms with Crippen LogP contribution in [0.25, 0.3) is 0 Å². The molecule has 0 saturated heterocycles. The van der Waals surface area contributed by atoms with Crippen molar-refractivity contribution in [2.24, 2.45) is 0 Å². The van der Waals surface area contributed by atoms with Crippen LogP contribution in [0.2, 0.25) is 5.15 Å². The van der Waals surface area contributed by atoms with Crippen molar-refractivity contribution in [2.45, 2.75) is 12.8 Å². The van der Waals surface area contributed by atoms with Crippen LogP contribution >= 0.6 is 11.6 Å². The molecule has 0 radical (unpaired) electrons. The van der Waals surface area contributed by atoms with Crippen molar-refractivity contribution >= 4 is 11.6 Å². The Bertz CT molecular complexity index is 318. The first-order valence-corrected chi connectivity index (χ1v) is 3.85. The maximum atomic E-state index is 9.33.